The Morgan fingerprint density at radius 2 is 2.17 bits per heavy atom. The molecule has 2 rings (SSSR count). The van der Waals surface area contributed by atoms with E-state index >= 15 is 0 Å². The van der Waals surface area contributed by atoms with Crippen LogP contribution >= 0.6 is 0 Å². The number of aromatic carboxylic acids is 1. The van der Waals surface area contributed by atoms with Gasteiger partial charge in [-0.15, -0.1) is 0 Å². The fraction of sp³-hybridized carbons (Fsp3) is 0.143. The van der Waals surface area contributed by atoms with Crippen molar-refractivity contribution in [3.05, 3.63) is 53.7 Å². The smallest absolute Gasteiger partial charge is 0.335 e. The van der Waals surface area contributed by atoms with Crippen LogP contribution in [-0.2, 0) is 6.42 Å². The monoisotopic (exact) mass is 243 g/mol. The molecule has 0 saturated heterocycles. The van der Waals surface area contributed by atoms with Gasteiger partial charge in [0.25, 0.3) is 0 Å². The number of rotatable bonds is 4. The van der Waals surface area contributed by atoms with Gasteiger partial charge in [-0.25, -0.2) is 9.78 Å². The molecular formula is C14H13NO3. The molecule has 0 atom stereocenters. The third-order valence-electron chi connectivity index (χ3n) is 2.51. The van der Waals surface area contributed by atoms with Gasteiger partial charge in [0.15, 0.2) is 0 Å². The minimum Gasteiger partial charge on any atom is -0.478 e. The number of pyridine rings is 1. The molecule has 0 amide bonds. The van der Waals surface area contributed by atoms with Gasteiger partial charge in [-0.1, -0.05) is 19.1 Å². The van der Waals surface area contributed by atoms with E-state index in [0.29, 0.717) is 5.75 Å². The average Bonchev–Trinajstić information content (AvgIpc) is 2.39. The summed E-state index contributed by atoms with van der Waals surface area (Å²) in [5.41, 5.74) is 1.31. The van der Waals surface area contributed by atoms with Crippen molar-refractivity contribution >= 4 is 5.97 Å². The van der Waals surface area contributed by atoms with Crippen molar-refractivity contribution < 1.29 is 14.6 Å². The third-order valence-corrected chi connectivity index (χ3v) is 2.51. The fourth-order valence-corrected chi connectivity index (χ4v) is 1.55. The van der Waals surface area contributed by atoms with Crippen molar-refractivity contribution in [2.45, 2.75) is 13.3 Å². The molecule has 0 unspecified atom stereocenters. The Kier molecular flexibility index (Phi) is 3.57. The van der Waals surface area contributed by atoms with Crippen molar-refractivity contribution in [2.24, 2.45) is 0 Å². The highest BCUT2D eigenvalue weighted by Gasteiger charge is 2.05. The van der Waals surface area contributed by atoms with Gasteiger partial charge in [-0.05, 0) is 30.2 Å². The van der Waals surface area contributed by atoms with Crippen molar-refractivity contribution in [3.63, 3.8) is 0 Å². The highest BCUT2D eigenvalue weighted by Crippen LogP contribution is 2.21. The number of ether oxygens (including phenoxy) is 1. The zero-order valence-electron chi connectivity index (χ0n) is 9.96. The lowest BCUT2D eigenvalue weighted by atomic mass is 10.2. The summed E-state index contributed by atoms with van der Waals surface area (Å²) in [6, 6.07) is 10.5. The van der Waals surface area contributed by atoms with Crippen molar-refractivity contribution in [1.29, 1.82) is 0 Å². The summed E-state index contributed by atoms with van der Waals surface area (Å²) in [5.74, 6) is -0.0582. The molecule has 1 N–H and O–H groups in total. The van der Waals surface area contributed by atoms with Crippen LogP contribution in [-0.4, -0.2) is 16.1 Å². The molecule has 0 radical (unpaired) electrons. The first kappa shape index (κ1) is 12.1. The van der Waals surface area contributed by atoms with Crippen LogP contribution in [0.4, 0.5) is 0 Å². The Hall–Kier alpha value is -2.36. The summed E-state index contributed by atoms with van der Waals surface area (Å²) in [6.45, 7) is 2.06. The van der Waals surface area contributed by atoms with Gasteiger partial charge < -0.3 is 9.84 Å². The maximum Gasteiger partial charge on any atom is 0.335 e. The third kappa shape index (κ3) is 2.85. The normalized spacial score (nSPS) is 10.1. The molecule has 0 saturated carbocycles. The van der Waals surface area contributed by atoms with Crippen molar-refractivity contribution in [3.8, 4) is 11.6 Å². The molecule has 1 aromatic heterocycles. The van der Waals surface area contributed by atoms with E-state index in [0.717, 1.165) is 12.0 Å². The second-order valence-electron chi connectivity index (χ2n) is 3.79. The van der Waals surface area contributed by atoms with E-state index in [-0.39, 0.29) is 11.4 Å². The molecule has 0 fully saturated rings. The molecule has 0 aliphatic heterocycles. The highest BCUT2D eigenvalue weighted by molar-refractivity contribution is 5.87. The van der Waals surface area contributed by atoms with E-state index in [1.807, 2.05) is 24.3 Å². The number of nitrogens with zero attached hydrogens (tertiary/aromatic N) is 1. The number of carbonyl (C=O) groups is 1. The van der Waals surface area contributed by atoms with Crippen LogP contribution in [0.5, 0.6) is 11.6 Å². The maximum absolute atomic E-state index is 10.8. The zero-order chi connectivity index (χ0) is 13.0. The quantitative estimate of drug-likeness (QED) is 0.896. The molecule has 18 heavy (non-hydrogen) atoms. The number of hydrogen-bond acceptors (Lipinski definition) is 3. The van der Waals surface area contributed by atoms with E-state index in [4.69, 9.17) is 9.84 Å². The molecule has 0 bridgehead atoms. The zero-order valence-corrected chi connectivity index (χ0v) is 9.96. The summed E-state index contributed by atoms with van der Waals surface area (Å²) >= 11 is 0. The van der Waals surface area contributed by atoms with Crippen LogP contribution < -0.4 is 4.74 Å². The fourth-order valence-electron chi connectivity index (χ4n) is 1.55. The van der Waals surface area contributed by atoms with E-state index in [1.165, 1.54) is 18.3 Å². The molecule has 92 valence electrons. The summed E-state index contributed by atoms with van der Waals surface area (Å²) in [6.07, 6.45) is 2.34. The first-order chi connectivity index (χ1) is 8.69. The lowest BCUT2D eigenvalue weighted by Crippen LogP contribution is -1.97. The number of aromatic nitrogens is 1. The van der Waals surface area contributed by atoms with Gasteiger partial charge >= 0.3 is 5.97 Å². The Bertz CT molecular complexity index is 566. The lowest BCUT2D eigenvalue weighted by molar-refractivity contribution is 0.0696. The molecule has 0 spiro atoms. The van der Waals surface area contributed by atoms with Crippen LogP contribution in [0, 0.1) is 0 Å². The number of aryl methyl sites for hydroxylation is 1. The SMILES string of the molecule is CCc1cccc(Oc2cc(C(=O)O)ccn2)c1. The number of carboxylic acid groups (broad SMARTS) is 1. The predicted molar refractivity (Wildman–Crippen MR) is 67.1 cm³/mol. The number of hydrogen-bond donors (Lipinski definition) is 1. The minimum atomic E-state index is -0.996. The molecule has 0 aliphatic carbocycles. The average molecular weight is 243 g/mol. The summed E-state index contributed by atoms with van der Waals surface area (Å²) in [4.78, 5) is 14.8. The van der Waals surface area contributed by atoms with E-state index in [9.17, 15) is 4.79 Å². The molecule has 2 aromatic rings. The van der Waals surface area contributed by atoms with E-state index in [2.05, 4.69) is 11.9 Å². The topological polar surface area (TPSA) is 59.4 Å². The Morgan fingerprint density at radius 1 is 1.33 bits per heavy atom. The van der Waals surface area contributed by atoms with Gasteiger partial charge in [0.05, 0.1) is 5.56 Å². The van der Waals surface area contributed by atoms with E-state index in [1.54, 1.807) is 0 Å². The number of carboxylic acids is 1. The Labute approximate surface area is 105 Å². The second kappa shape index (κ2) is 5.31. The molecule has 0 aliphatic rings. The van der Waals surface area contributed by atoms with Gasteiger partial charge in [-0.3, -0.25) is 0 Å². The summed E-state index contributed by atoms with van der Waals surface area (Å²) < 4.78 is 5.54. The Balaban J connectivity index is 2.22. The van der Waals surface area contributed by atoms with Crippen LogP contribution in [0.25, 0.3) is 0 Å². The van der Waals surface area contributed by atoms with Crippen molar-refractivity contribution in [1.82, 2.24) is 4.98 Å². The maximum atomic E-state index is 10.8. The van der Waals surface area contributed by atoms with Gasteiger partial charge in [0, 0.05) is 12.3 Å². The van der Waals surface area contributed by atoms with Crippen LogP contribution in [0.15, 0.2) is 42.6 Å². The predicted octanol–water partition coefficient (Wildman–Crippen LogP) is 3.13. The first-order valence-electron chi connectivity index (χ1n) is 5.65. The summed E-state index contributed by atoms with van der Waals surface area (Å²) in [5, 5.41) is 8.87. The molecule has 1 aromatic carbocycles. The first-order valence-corrected chi connectivity index (χ1v) is 5.65. The molecule has 4 nitrogen and oxygen atoms in total. The van der Waals surface area contributed by atoms with Crippen molar-refractivity contribution in [2.75, 3.05) is 0 Å². The molecule has 4 heteroatoms. The van der Waals surface area contributed by atoms with Crippen LogP contribution in [0.1, 0.15) is 22.8 Å². The Morgan fingerprint density at radius 3 is 2.89 bits per heavy atom. The van der Waals surface area contributed by atoms with Crippen LogP contribution in [0.3, 0.4) is 0 Å². The van der Waals surface area contributed by atoms with Gasteiger partial charge in [0.2, 0.25) is 5.88 Å². The van der Waals surface area contributed by atoms with Gasteiger partial charge in [-0.2, -0.15) is 0 Å². The lowest BCUT2D eigenvalue weighted by Gasteiger charge is -2.06. The standard InChI is InChI=1S/C14H13NO3/c1-2-10-4-3-5-12(8-10)18-13-9-11(14(16)17)6-7-15-13/h3-9H,2H2,1H3,(H,16,17). The molecule has 1 heterocycles. The van der Waals surface area contributed by atoms with Crippen LogP contribution in [0.2, 0.25) is 0 Å². The number of benzene rings is 1. The summed E-state index contributed by atoms with van der Waals surface area (Å²) in [7, 11) is 0. The highest BCUT2D eigenvalue weighted by atomic mass is 16.5. The van der Waals surface area contributed by atoms with E-state index < -0.39 is 5.97 Å². The largest absolute Gasteiger partial charge is 0.478 e. The minimum absolute atomic E-state index is 0.159. The second-order valence-corrected chi connectivity index (χ2v) is 3.79. The van der Waals surface area contributed by atoms with Gasteiger partial charge in [0.1, 0.15) is 5.75 Å². The molecular weight excluding hydrogens is 230 g/mol.